The van der Waals surface area contributed by atoms with Gasteiger partial charge in [0.05, 0.1) is 5.52 Å². The normalized spacial score (nSPS) is 10.7. The van der Waals surface area contributed by atoms with Crippen molar-refractivity contribution < 1.29 is 4.79 Å². The first-order valence-corrected chi connectivity index (χ1v) is 5.07. The first-order valence-electron chi connectivity index (χ1n) is 4.27. The summed E-state index contributed by atoms with van der Waals surface area (Å²) >= 11 is 3.39. The number of hydrogen-bond donors (Lipinski definition) is 0. The molecular weight excluding hydrogens is 244 g/mol. The van der Waals surface area contributed by atoms with Gasteiger partial charge in [-0.2, -0.15) is 5.10 Å². The molecule has 0 radical (unpaired) electrons. The van der Waals surface area contributed by atoms with Gasteiger partial charge >= 0.3 is 0 Å². The van der Waals surface area contributed by atoms with E-state index in [1.54, 1.807) is 4.68 Å². The molecule has 14 heavy (non-hydrogen) atoms. The van der Waals surface area contributed by atoms with Gasteiger partial charge in [-0.15, -0.1) is 0 Å². The van der Waals surface area contributed by atoms with Crippen molar-refractivity contribution in [1.29, 1.82) is 0 Å². The molecule has 0 fully saturated rings. The molecule has 0 spiro atoms. The number of fused-ring (bicyclic) bond motifs is 1. The summed E-state index contributed by atoms with van der Waals surface area (Å²) in [5.74, 6) is 0. The number of aldehydes is 1. The Hall–Kier alpha value is -1.16. The average molecular weight is 253 g/mol. The van der Waals surface area contributed by atoms with Crippen LogP contribution in [0.3, 0.4) is 0 Å². The van der Waals surface area contributed by atoms with Crippen LogP contribution in [-0.2, 0) is 18.3 Å². The molecular formula is C10H9BrN2O. The molecule has 0 saturated carbocycles. The zero-order valence-electron chi connectivity index (χ0n) is 7.70. The first-order chi connectivity index (χ1) is 6.74. The lowest BCUT2D eigenvalue weighted by Crippen LogP contribution is -1.90. The number of aryl methyl sites for hydroxylation is 1. The van der Waals surface area contributed by atoms with Crippen LogP contribution in [0.1, 0.15) is 5.56 Å². The summed E-state index contributed by atoms with van der Waals surface area (Å²) in [4.78, 5) is 10.5. The minimum Gasteiger partial charge on any atom is -0.303 e. The van der Waals surface area contributed by atoms with E-state index in [0.29, 0.717) is 6.42 Å². The molecule has 0 saturated heterocycles. The molecule has 4 heteroatoms. The zero-order valence-corrected chi connectivity index (χ0v) is 9.28. The summed E-state index contributed by atoms with van der Waals surface area (Å²) in [6.07, 6.45) is 1.34. The van der Waals surface area contributed by atoms with Gasteiger partial charge < -0.3 is 4.79 Å². The molecule has 0 amide bonds. The number of nitrogens with zero attached hydrogens (tertiary/aromatic N) is 2. The van der Waals surface area contributed by atoms with Crippen LogP contribution in [0.25, 0.3) is 10.9 Å². The number of aromatic nitrogens is 2. The van der Waals surface area contributed by atoms with E-state index in [2.05, 4.69) is 21.0 Å². The molecule has 0 atom stereocenters. The molecule has 3 nitrogen and oxygen atoms in total. The van der Waals surface area contributed by atoms with Crippen LogP contribution in [0.5, 0.6) is 0 Å². The minimum atomic E-state index is 0.432. The lowest BCUT2D eigenvalue weighted by molar-refractivity contribution is -0.107. The smallest absolute Gasteiger partial charge is 0.136 e. The van der Waals surface area contributed by atoms with E-state index in [4.69, 9.17) is 0 Å². The van der Waals surface area contributed by atoms with Crippen molar-refractivity contribution in [3.05, 3.63) is 28.4 Å². The Morgan fingerprint density at radius 3 is 3.07 bits per heavy atom. The molecule has 72 valence electrons. The van der Waals surface area contributed by atoms with Crippen LogP contribution in [0.2, 0.25) is 0 Å². The second-order valence-corrected chi connectivity index (χ2v) is 3.85. The Morgan fingerprint density at radius 2 is 2.36 bits per heavy atom. The molecule has 2 aromatic rings. The van der Waals surface area contributed by atoms with Crippen LogP contribution in [0.4, 0.5) is 0 Å². The van der Waals surface area contributed by atoms with Crippen molar-refractivity contribution in [1.82, 2.24) is 9.78 Å². The summed E-state index contributed by atoms with van der Waals surface area (Å²) in [5.41, 5.74) is 2.05. The monoisotopic (exact) mass is 252 g/mol. The third kappa shape index (κ3) is 1.35. The largest absolute Gasteiger partial charge is 0.303 e. The fourth-order valence-corrected chi connectivity index (χ4v) is 2.29. The maximum Gasteiger partial charge on any atom is 0.136 e. The van der Waals surface area contributed by atoms with Gasteiger partial charge in [0.15, 0.2) is 0 Å². The second-order valence-electron chi connectivity index (χ2n) is 3.10. The fraction of sp³-hybridized carbons (Fsp3) is 0.200. The highest BCUT2D eigenvalue weighted by Gasteiger charge is 2.09. The van der Waals surface area contributed by atoms with Crippen molar-refractivity contribution in [2.24, 2.45) is 7.05 Å². The van der Waals surface area contributed by atoms with Crippen LogP contribution in [-0.4, -0.2) is 16.1 Å². The van der Waals surface area contributed by atoms with Crippen LogP contribution < -0.4 is 0 Å². The van der Waals surface area contributed by atoms with Gasteiger partial charge in [0.25, 0.3) is 0 Å². The molecule has 1 aromatic carbocycles. The Balaban J connectivity index is 2.78. The van der Waals surface area contributed by atoms with E-state index in [1.807, 2.05) is 25.2 Å². The molecule has 0 N–H and O–H groups in total. The molecule has 0 aliphatic heterocycles. The van der Waals surface area contributed by atoms with Crippen LogP contribution in [0, 0.1) is 0 Å². The van der Waals surface area contributed by atoms with E-state index >= 15 is 0 Å². The minimum absolute atomic E-state index is 0.432. The van der Waals surface area contributed by atoms with Gasteiger partial charge in [-0.1, -0.05) is 12.1 Å². The third-order valence-electron chi connectivity index (χ3n) is 2.22. The Labute approximate surface area is 89.8 Å². The maximum atomic E-state index is 10.5. The van der Waals surface area contributed by atoms with E-state index in [0.717, 1.165) is 27.4 Å². The van der Waals surface area contributed by atoms with Crippen molar-refractivity contribution in [2.45, 2.75) is 6.42 Å². The van der Waals surface area contributed by atoms with Gasteiger partial charge in [-0.05, 0) is 27.6 Å². The first kappa shape index (κ1) is 9.40. The number of carbonyl (C=O) groups is 1. The van der Waals surface area contributed by atoms with Gasteiger partial charge in [-0.3, -0.25) is 4.68 Å². The molecule has 1 aromatic heterocycles. The molecule has 0 aliphatic carbocycles. The highest BCUT2D eigenvalue weighted by Crippen LogP contribution is 2.26. The summed E-state index contributed by atoms with van der Waals surface area (Å²) in [7, 11) is 1.89. The van der Waals surface area contributed by atoms with Crippen molar-refractivity contribution in [2.75, 3.05) is 0 Å². The number of carbonyl (C=O) groups excluding carboxylic acids is 1. The van der Waals surface area contributed by atoms with Gasteiger partial charge in [-0.25, -0.2) is 0 Å². The van der Waals surface area contributed by atoms with Crippen LogP contribution >= 0.6 is 15.9 Å². The second kappa shape index (κ2) is 3.53. The Kier molecular flexibility index (Phi) is 2.37. The van der Waals surface area contributed by atoms with E-state index in [-0.39, 0.29) is 0 Å². The molecule has 0 aliphatic rings. The predicted octanol–water partition coefficient (Wildman–Crippen LogP) is 2.08. The Morgan fingerprint density at radius 1 is 1.57 bits per heavy atom. The number of rotatable bonds is 2. The molecule has 0 bridgehead atoms. The number of hydrogen-bond acceptors (Lipinski definition) is 2. The Bertz CT molecular complexity index is 490. The standard InChI is InChI=1S/C10H9BrN2O/c1-13-8-4-2-3-7(5-6-14)9(8)10(11)12-13/h2-4,6H,5H2,1H3. The number of halogens is 1. The lowest BCUT2D eigenvalue weighted by Gasteiger charge is -1.98. The summed E-state index contributed by atoms with van der Waals surface area (Å²) in [5, 5.41) is 5.28. The molecule has 0 unspecified atom stereocenters. The third-order valence-corrected chi connectivity index (χ3v) is 2.78. The molecule has 2 rings (SSSR count). The predicted molar refractivity (Wildman–Crippen MR) is 58.2 cm³/mol. The zero-order chi connectivity index (χ0) is 10.1. The summed E-state index contributed by atoms with van der Waals surface area (Å²) in [6, 6.07) is 5.87. The maximum absolute atomic E-state index is 10.5. The SMILES string of the molecule is Cn1nc(Br)c2c(CC=O)cccc21. The quantitative estimate of drug-likeness (QED) is 0.768. The van der Waals surface area contributed by atoms with Gasteiger partial charge in [0.1, 0.15) is 10.9 Å². The van der Waals surface area contributed by atoms with E-state index < -0.39 is 0 Å². The van der Waals surface area contributed by atoms with Gasteiger partial charge in [0.2, 0.25) is 0 Å². The van der Waals surface area contributed by atoms with E-state index in [1.165, 1.54) is 0 Å². The highest BCUT2D eigenvalue weighted by molar-refractivity contribution is 9.10. The van der Waals surface area contributed by atoms with E-state index in [9.17, 15) is 4.79 Å². The van der Waals surface area contributed by atoms with Gasteiger partial charge in [0, 0.05) is 18.9 Å². The molecule has 1 heterocycles. The van der Waals surface area contributed by atoms with Crippen molar-refractivity contribution >= 4 is 33.1 Å². The highest BCUT2D eigenvalue weighted by atomic mass is 79.9. The average Bonchev–Trinajstić information content (AvgIpc) is 2.44. The number of benzene rings is 1. The topological polar surface area (TPSA) is 34.9 Å². The van der Waals surface area contributed by atoms with Crippen molar-refractivity contribution in [3.8, 4) is 0 Å². The van der Waals surface area contributed by atoms with Crippen LogP contribution in [0.15, 0.2) is 22.8 Å². The summed E-state index contributed by atoms with van der Waals surface area (Å²) < 4.78 is 2.60. The fourth-order valence-electron chi connectivity index (χ4n) is 1.59. The van der Waals surface area contributed by atoms with Crippen molar-refractivity contribution in [3.63, 3.8) is 0 Å². The summed E-state index contributed by atoms with van der Waals surface area (Å²) in [6.45, 7) is 0. The lowest BCUT2D eigenvalue weighted by atomic mass is 10.1.